The fourth-order valence-electron chi connectivity index (χ4n) is 3.38. The minimum Gasteiger partial charge on any atom is -0.349 e. The predicted octanol–water partition coefficient (Wildman–Crippen LogP) is 3.39. The summed E-state index contributed by atoms with van der Waals surface area (Å²) in [4.78, 5) is 16.6. The molecule has 0 bridgehead atoms. The molecule has 1 amide bonds. The standard InChI is InChI=1S/C19H25N3O2/c1-3-7-16-20-18(24-22-16)11-6-10-17(23)21-19-13(2)12-14-8-4-5-9-15(14)19/h4-5,8-9,13,19H,3,6-7,10-12H2,1-2H3,(H,21,23)/t13-,19-/m1/s1. The van der Waals surface area contributed by atoms with Crippen molar-refractivity contribution in [1.82, 2.24) is 15.5 Å². The maximum absolute atomic E-state index is 12.3. The molecular formula is C19H25N3O2. The molecule has 1 N–H and O–H groups in total. The number of hydrogen-bond acceptors (Lipinski definition) is 4. The molecule has 1 aliphatic rings. The fraction of sp³-hybridized carbons (Fsp3) is 0.526. The van der Waals surface area contributed by atoms with Crippen LogP contribution in [0.3, 0.4) is 0 Å². The van der Waals surface area contributed by atoms with E-state index in [1.54, 1.807) is 0 Å². The molecule has 2 aromatic rings. The van der Waals surface area contributed by atoms with Gasteiger partial charge in [0.25, 0.3) is 0 Å². The second-order valence-electron chi connectivity index (χ2n) is 6.63. The van der Waals surface area contributed by atoms with Crippen LogP contribution in [-0.2, 0) is 24.1 Å². The number of carbonyl (C=O) groups is 1. The van der Waals surface area contributed by atoms with Gasteiger partial charge in [0.15, 0.2) is 5.82 Å². The van der Waals surface area contributed by atoms with Crippen molar-refractivity contribution < 1.29 is 9.32 Å². The molecule has 0 aliphatic heterocycles. The Kier molecular flexibility index (Phi) is 5.28. The number of fused-ring (bicyclic) bond motifs is 1. The Morgan fingerprint density at radius 2 is 2.17 bits per heavy atom. The largest absolute Gasteiger partial charge is 0.349 e. The van der Waals surface area contributed by atoms with E-state index in [1.165, 1.54) is 11.1 Å². The molecular weight excluding hydrogens is 302 g/mol. The van der Waals surface area contributed by atoms with Gasteiger partial charge in [0.1, 0.15) is 0 Å². The summed E-state index contributed by atoms with van der Waals surface area (Å²) in [6, 6.07) is 8.51. The van der Waals surface area contributed by atoms with E-state index >= 15 is 0 Å². The van der Waals surface area contributed by atoms with Gasteiger partial charge in [-0.25, -0.2) is 0 Å². The van der Waals surface area contributed by atoms with Gasteiger partial charge in [-0.3, -0.25) is 4.79 Å². The molecule has 1 aromatic heterocycles. The number of amides is 1. The highest BCUT2D eigenvalue weighted by molar-refractivity contribution is 5.76. The summed E-state index contributed by atoms with van der Waals surface area (Å²) < 4.78 is 5.20. The van der Waals surface area contributed by atoms with Crippen LogP contribution in [0, 0.1) is 5.92 Å². The number of benzene rings is 1. The molecule has 0 unspecified atom stereocenters. The van der Waals surface area contributed by atoms with E-state index in [1.807, 2.05) is 6.07 Å². The minimum atomic E-state index is 0.0943. The van der Waals surface area contributed by atoms with E-state index in [0.29, 0.717) is 24.7 Å². The molecule has 3 rings (SSSR count). The van der Waals surface area contributed by atoms with E-state index in [-0.39, 0.29) is 11.9 Å². The Morgan fingerprint density at radius 1 is 1.33 bits per heavy atom. The predicted molar refractivity (Wildman–Crippen MR) is 91.4 cm³/mol. The number of rotatable bonds is 7. The molecule has 0 saturated carbocycles. The number of aryl methyl sites for hydroxylation is 2. The third-order valence-electron chi connectivity index (χ3n) is 4.60. The van der Waals surface area contributed by atoms with Crippen molar-refractivity contribution in [1.29, 1.82) is 0 Å². The Hall–Kier alpha value is -2.17. The lowest BCUT2D eigenvalue weighted by molar-refractivity contribution is -0.122. The average molecular weight is 327 g/mol. The Balaban J connectivity index is 1.47. The first-order valence-electron chi connectivity index (χ1n) is 8.86. The molecule has 0 radical (unpaired) electrons. The molecule has 0 saturated heterocycles. The third-order valence-corrected chi connectivity index (χ3v) is 4.60. The first-order valence-corrected chi connectivity index (χ1v) is 8.86. The van der Waals surface area contributed by atoms with Crippen LogP contribution < -0.4 is 5.32 Å². The first kappa shape index (κ1) is 16.7. The van der Waals surface area contributed by atoms with Gasteiger partial charge in [0.05, 0.1) is 6.04 Å². The average Bonchev–Trinajstić information content (AvgIpc) is 3.13. The van der Waals surface area contributed by atoms with Crippen LogP contribution in [0.2, 0.25) is 0 Å². The van der Waals surface area contributed by atoms with Crippen LogP contribution in [0.4, 0.5) is 0 Å². The Bertz CT molecular complexity index is 695. The van der Waals surface area contributed by atoms with Crippen LogP contribution in [0.25, 0.3) is 0 Å². The van der Waals surface area contributed by atoms with Gasteiger partial charge in [0, 0.05) is 19.3 Å². The highest BCUT2D eigenvalue weighted by Crippen LogP contribution is 2.35. The molecule has 1 heterocycles. The fourth-order valence-corrected chi connectivity index (χ4v) is 3.38. The van der Waals surface area contributed by atoms with Crippen LogP contribution >= 0.6 is 0 Å². The summed E-state index contributed by atoms with van der Waals surface area (Å²) in [5.41, 5.74) is 2.61. The summed E-state index contributed by atoms with van der Waals surface area (Å²) >= 11 is 0. The molecule has 0 spiro atoms. The van der Waals surface area contributed by atoms with Gasteiger partial charge in [-0.05, 0) is 36.3 Å². The van der Waals surface area contributed by atoms with E-state index in [9.17, 15) is 4.79 Å². The monoisotopic (exact) mass is 327 g/mol. The third kappa shape index (κ3) is 3.83. The van der Waals surface area contributed by atoms with Crippen molar-refractivity contribution in [3.05, 3.63) is 47.1 Å². The smallest absolute Gasteiger partial charge is 0.226 e. The van der Waals surface area contributed by atoms with Gasteiger partial charge < -0.3 is 9.84 Å². The second-order valence-corrected chi connectivity index (χ2v) is 6.63. The van der Waals surface area contributed by atoms with E-state index in [4.69, 9.17) is 4.52 Å². The molecule has 24 heavy (non-hydrogen) atoms. The van der Waals surface area contributed by atoms with Crippen molar-refractivity contribution in [3.8, 4) is 0 Å². The Morgan fingerprint density at radius 3 is 3.00 bits per heavy atom. The van der Waals surface area contributed by atoms with Crippen LogP contribution in [0.15, 0.2) is 28.8 Å². The van der Waals surface area contributed by atoms with E-state index in [2.05, 4.69) is 47.5 Å². The summed E-state index contributed by atoms with van der Waals surface area (Å²) in [7, 11) is 0. The van der Waals surface area contributed by atoms with Gasteiger partial charge in [-0.2, -0.15) is 4.98 Å². The number of hydrogen-bond donors (Lipinski definition) is 1. The van der Waals surface area contributed by atoms with Crippen molar-refractivity contribution in [3.63, 3.8) is 0 Å². The SMILES string of the molecule is CCCc1noc(CCCC(=O)N[C@H]2c3ccccc3C[C@H]2C)n1. The van der Waals surface area contributed by atoms with Crippen LogP contribution in [-0.4, -0.2) is 16.0 Å². The molecule has 1 aliphatic carbocycles. The lowest BCUT2D eigenvalue weighted by atomic mass is 10.0. The number of nitrogens with one attached hydrogen (secondary N) is 1. The molecule has 1 aromatic carbocycles. The Labute approximate surface area is 142 Å². The summed E-state index contributed by atoms with van der Waals surface area (Å²) in [6.45, 7) is 4.28. The molecule has 0 fully saturated rings. The number of carbonyl (C=O) groups excluding carboxylic acids is 1. The van der Waals surface area contributed by atoms with Crippen molar-refractivity contribution in [2.45, 2.75) is 58.4 Å². The lowest BCUT2D eigenvalue weighted by Crippen LogP contribution is -2.30. The number of nitrogens with zero attached hydrogens (tertiary/aromatic N) is 2. The van der Waals surface area contributed by atoms with Gasteiger partial charge in [-0.1, -0.05) is 43.3 Å². The summed E-state index contributed by atoms with van der Waals surface area (Å²) in [5, 5.41) is 7.13. The first-order chi connectivity index (χ1) is 11.7. The molecule has 5 nitrogen and oxygen atoms in total. The molecule has 2 atom stereocenters. The summed E-state index contributed by atoms with van der Waals surface area (Å²) in [6.07, 6.45) is 4.73. The van der Waals surface area contributed by atoms with Crippen molar-refractivity contribution in [2.75, 3.05) is 0 Å². The van der Waals surface area contributed by atoms with Gasteiger partial charge >= 0.3 is 0 Å². The zero-order valence-corrected chi connectivity index (χ0v) is 14.4. The van der Waals surface area contributed by atoms with E-state index < -0.39 is 0 Å². The van der Waals surface area contributed by atoms with Gasteiger partial charge in [-0.15, -0.1) is 0 Å². The zero-order chi connectivity index (χ0) is 16.9. The van der Waals surface area contributed by atoms with Gasteiger partial charge in [0.2, 0.25) is 11.8 Å². The highest BCUT2D eigenvalue weighted by atomic mass is 16.5. The normalized spacial score (nSPS) is 19.2. The molecule has 128 valence electrons. The minimum absolute atomic E-state index is 0.0943. The maximum Gasteiger partial charge on any atom is 0.226 e. The lowest BCUT2D eigenvalue weighted by Gasteiger charge is -2.18. The highest BCUT2D eigenvalue weighted by Gasteiger charge is 2.29. The second kappa shape index (κ2) is 7.60. The quantitative estimate of drug-likeness (QED) is 0.846. The van der Waals surface area contributed by atoms with Crippen LogP contribution in [0.5, 0.6) is 0 Å². The van der Waals surface area contributed by atoms with Crippen molar-refractivity contribution >= 4 is 5.91 Å². The topological polar surface area (TPSA) is 68.0 Å². The van der Waals surface area contributed by atoms with E-state index in [0.717, 1.165) is 31.5 Å². The van der Waals surface area contributed by atoms with Crippen molar-refractivity contribution in [2.24, 2.45) is 5.92 Å². The number of aromatic nitrogens is 2. The maximum atomic E-state index is 12.3. The zero-order valence-electron chi connectivity index (χ0n) is 14.4. The summed E-state index contributed by atoms with van der Waals surface area (Å²) in [5.74, 6) is 1.93. The van der Waals surface area contributed by atoms with Crippen LogP contribution in [0.1, 0.15) is 62.0 Å². The molecule has 5 heteroatoms.